The molecular formula is C23H35N5O3. The molecule has 3 fully saturated rings. The van der Waals surface area contributed by atoms with E-state index in [-0.39, 0.29) is 12.2 Å². The zero-order valence-electron chi connectivity index (χ0n) is 18.3. The van der Waals surface area contributed by atoms with Crippen molar-refractivity contribution >= 4 is 17.8 Å². The lowest BCUT2D eigenvalue weighted by Gasteiger charge is -2.26. The molecule has 0 spiro atoms. The highest BCUT2D eigenvalue weighted by atomic mass is 16.8. The molecule has 8 nitrogen and oxygen atoms in total. The van der Waals surface area contributed by atoms with Gasteiger partial charge in [0.15, 0.2) is 6.29 Å². The molecule has 2 atom stereocenters. The van der Waals surface area contributed by atoms with Gasteiger partial charge in [0.1, 0.15) is 5.82 Å². The number of hydrogen-bond acceptors (Lipinski definition) is 7. The van der Waals surface area contributed by atoms with Crippen molar-refractivity contribution in [2.24, 2.45) is 5.92 Å². The van der Waals surface area contributed by atoms with Gasteiger partial charge in [0.05, 0.1) is 5.69 Å². The van der Waals surface area contributed by atoms with Gasteiger partial charge >= 0.3 is 0 Å². The second kappa shape index (κ2) is 11.5. The van der Waals surface area contributed by atoms with E-state index in [2.05, 4.69) is 25.9 Å². The van der Waals surface area contributed by atoms with E-state index >= 15 is 0 Å². The maximum Gasteiger partial charge on any atom is 0.267 e. The Hall–Kier alpha value is -2.03. The lowest BCUT2D eigenvalue weighted by atomic mass is 9.89. The summed E-state index contributed by atoms with van der Waals surface area (Å²) in [4.78, 5) is 19.7. The van der Waals surface area contributed by atoms with Crippen LogP contribution < -0.4 is 10.8 Å². The highest BCUT2D eigenvalue weighted by Crippen LogP contribution is 2.26. The minimum Gasteiger partial charge on any atom is -0.365 e. The highest BCUT2D eigenvalue weighted by molar-refractivity contribution is 5.90. The third-order valence-corrected chi connectivity index (χ3v) is 6.39. The fourth-order valence-corrected chi connectivity index (χ4v) is 4.69. The van der Waals surface area contributed by atoms with Gasteiger partial charge in [0, 0.05) is 44.8 Å². The number of anilines is 1. The van der Waals surface area contributed by atoms with Gasteiger partial charge < -0.3 is 15.0 Å². The van der Waals surface area contributed by atoms with Gasteiger partial charge in [0.25, 0.3) is 5.91 Å². The largest absolute Gasteiger partial charge is 0.365 e. The Labute approximate surface area is 184 Å². The molecule has 1 saturated carbocycles. The Morgan fingerprint density at radius 1 is 1.13 bits per heavy atom. The molecule has 8 heteroatoms. The van der Waals surface area contributed by atoms with Crippen molar-refractivity contribution in [3.63, 3.8) is 0 Å². The summed E-state index contributed by atoms with van der Waals surface area (Å²) in [6.45, 7) is 4.15. The van der Waals surface area contributed by atoms with Crippen LogP contribution in [0.25, 0.3) is 6.08 Å². The fourth-order valence-electron chi connectivity index (χ4n) is 4.69. The molecule has 1 aromatic heterocycles. The highest BCUT2D eigenvalue weighted by Gasteiger charge is 2.25. The number of hydrogen-bond donors (Lipinski definition) is 2. The van der Waals surface area contributed by atoms with Crippen LogP contribution in [0.1, 0.15) is 63.5 Å². The Balaban J connectivity index is 1.17. The number of hydroxylamine groups is 1. The van der Waals surface area contributed by atoms with Crippen LogP contribution >= 0.6 is 0 Å². The number of carbonyl (C=O) groups excluding carboxylic acids is 1. The topological polar surface area (TPSA) is 88.6 Å². The van der Waals surface area contributed by atoms with E-state index in [0.29, 0.717) is 18.3 Å². The van der Waals surface area contributed by atoms with Gasteiger partial charge in [-0.25, -0.2) is 10.3 Å². The predicted octanol–water partition coefficient (Wildman–Crippen LogP) is 3.13. The van der Waals surface area contributed by atoms with Gasteiger partial charge in [-0.15, -0.1) is 10.2 Å². The number of nitrogens with one attached hydrogen (secondary N) is 2. The lowest BCUT2D eigenvalue weighted by molar-refractivity contribution is -0.198. The first-order valence-electron chi connectivity index (χ1n) is 11.8. The van der Waals surface area contributed by atoms with Crippen molar-refractivity contribution in [2.75, 3.05) is 31.6 Å². The van der Waals surface area contributed by atoms with Crippen LogP contribution in [0.15, 0.2) is 18.2 Å². The minimum atomic E-state index is -0.356. The van der Waals surface area contributed by atoms with Crippen LogP contribution in [0.4, 0.5) is 5.82 Å². The average Bonchev–Trinajstić information content (AvgIpc) is 3.25. The molecular weight excluding hydrogens is 394 g/mol. The molecule has 1 unspecified atom stereocenters. The van der Waals surface area contributed by atoms with Crippen LogP contribution in [0.2, 0.25) is 0 Å². The minimum absolute atomic E-state index is 0.345. The van der Waals surface area contributed by atoms with Crippen molar-refractivity contribution < 1.29 is 14.4 Å². The maximum absolute atomic E-state index is 11.9. The summed E-state index contributed by atoms with van der Waals surface area (Å²) < 4.78 is 5.41. The molecule has 170 valence electrons. The molecule has 2 saturated heterocycles. The zero-order chi connectivity index (χ0) is 21.3. The monoisotopic (exact) mass is 429 g/mol. The molecule has 4 rings (SSSR count). The Morgan fingerprint density at radius 2 is 2.00 bits per heavy atom. The van der Waals surface area contributed by atoms with Gasteiger partial charge in [-0.2, -0.15) is 0 Å². The summed E-state index contributed by atoms with van der Waals surface area (Å²) in [6, 6.07) is 4.20. The second-order valence-corrected chi connectivity index (χ2v) is 8.95. The standard InChI is InChI=1S/C23H35N5O3/c29-22(27-31-23-8-4-5-15-30-23)12-10-19-9-11-21(26-25-19)24-20-13-14-28(17-20)16-18-6-2-1-3-7-18/h9-12,18,20,23H,1-8,13-17H2,(H,24,26)(H,27,29)/t20-,23?/m1/s1. The van der Waals surface area contributed by atoms with E-state index in [1.54, 1.807) is 6.08 Å². The predicted molar refractivity (Wildman–Crippen MR) is 119 cm³/mol. The molecule has 2 N–H and O–H groups in total. The summed E-state index contributed by atoms with van der Waals surface area (Å²) in [5.74, 6) is 1.32. The summed E-state index contributed by atoms with van der Waals surface area (Å²) in [6.07, 6.45) is 13.7. The third-order valence-electron chi connectivity index (χ3n) is 6.39. The third kappa shape index (κ3) is 7.26. The number of aromatic nitrogens is 2. The van der Waals surface area contributed by atoms with Crippen molar-refractivity contribution in [2.45, 2.75) is 70.1 Å². The van der Waals surface area contributed by atoms with Crippen molar-refractivity contribution in [3.8, 4) is 0 Å². The van der Waals surface area contributed by atoms with Gasteiger partial charge in [-0.05, 0) is 56.2 Å². The van der Waals surface area contributed by atoms with E-state index in [4.69, 9.17) is 9.57 Å². The van der Waals surface area contributed by atoms with Crippen LogP contribution in [-0.2, 0) is 14.4 Å². The van der Waals surface area contributed by atoms with Crippen molar-refractivity contribution in [1.82, 2.24) is 20.6 Å². The Morgan fingerprint density at radius 3 is 2.77 bits per heavy atom. The van der Waals surface area contributed by atoms with Gasteiger partial charge in [-0.3, -0.25) is 4.79 Å². The molecule has 0 radical (unpaired) electrons. The van der Waals surface area contributed by atoms with E-state index in [0.717, 1.165) is 50.5 Å². The number of amides is 1. The molecule has 0 aromatic carbocycles. The molecule has 1 aromatic rings. The van der Waals surface area contributed by atoms with Gasteiger partial charge in [-0.1, -0.05) is 19.3 Å². The van der Waals surface area contributed by atoms with E-state index in [9.17, 15) is 4.79 Å². The smallest absolute Gasteiger partial charge is 0.267 e. The van der Waals surface area contributed by atoms with E-state index in [1.165, 1.54) is 44.7 Å². The number of carbonyl (C=O) groups is 1. The van der Waals surface area contributed by atoms with Crippen molar-refractivity contribution in [1.29, 1.82) is 0 Å². The SMILES string of the molecule is O=C(C=Cc1ccc(N[C@@H]2CCN(CC3CCCCC3)C2)nn1)NOC1CCCCO1. The number of likely N-dealkylation sites (tertiary alicyclic amines) is 1. The van der Waals surface area contributed by atoms with Crippen molar-refractivity contribution in [3.05, 3.63) is 23.9 Å². The van der Waals surface area contributed by atoms with Crippen LogP contribution in [0, 0.1) is 5.92 Å². The lowest BCUT2D eigenvalue weighted by Crippen LogP contribution is -2.32. The Kier molecular flexibility index (Phi) is 8.26. The average molecular weight is 430 g/mol. The van der Waals surface area contributed by atoms with Gasteiger partial charge in [0.2, 0.25) is 0 Å². The summed E-state index contributed by atoms with van der Waals surface area (Å²) in [5, 5.41) is 12.0. The number of nitrogens with zero attached hydrogens (tertiary/aromatic N) is 3. The summed E-state index contributed by atoms with van der Waals surface area (Å²) >= 11 is 0. The number of ether oxygens (including phenoxy) is 1. The van der Waals surface area contributed by atoms with E-state index in [1.807, 2.05) is 12.1 Å². The maximum atomic E-state index is 11.9. The van der Waals surface area contributed by atoms with Crippen LogP contribution in [0.3, 0.4) is 0 Å². The molecule has 31 heavy (non-hydrogen) atoms. The van der Waals surface area contributed by atoms with E-state index < -0.39 is 0 Å². The molecule has 1 amide bonds. The molecule has 1 aliphatic carbocycles. The normalized spacial score (nSPS) is 25.7. The fraction of sp³-hybridized carbons (Fsp3) is 0.696. The quantitative estimate of drug-likeness (QED) is 0.485. The van der Waals surface area contributed by atoms with Crippen LogP contribution in [-0.4, -0.2) is 59.6 Å². The number of rotatable bonds is 8. The first-order chi connectivity index (χ1) is 15.2. The molecule has 2 aliphatic heterocycles. The molecule has 3 heterocycles. The molecule has 0 bridgehead atoms. The first kappa shape index (κ1) is 22.2. The second-order valence-electron chi connectivity index (χ2n) is 8.95. The first-order valence-corrected chi connectivity index (χ1v) is 11.8. The Bertz CT molecular complexity index is 714. The van der Waals surface area contributed by atoms with Crippen LogP contribution in [0.5, 0.6) is 0 Å². The summed E-state index contributed by atoms with van der Waals surface area (Å²) in [5.41, 5.74) is 3.02. The molecule has 3 aliphatic rings. The summed E-state index contributed by atoms with van der Waals surface area (Å²) in [7, 11) is 0. The zero-order valence-corrected chi connectivity index (χ0v) is 18.3.